The first-order valence-electron chi connectivity index (χ1n) is 7.09. The molecule has 1 aromatic carbocycles. The van der Waals surface area contributed by atoms with Crippen molar-refractivity contribution in [3.8, 4) is 5.88 Å². The zero-order valence-corrected chi connectivity index (χ0v) is 11.7. The molecule has 1 fully saturated rings. The third-order valence-electron chi connectivity index (χ3n) is 3.78. The molecule has 0 aliphatic heterocycles. The summed E-state index contributed by atoms with van der Waals surface area (Å²) in [6, 6.07) is 10.8. The molecule has 0 radical (unpaired) electrons. The summed E-state index contributed by atoms with van der Waals surface area (Å²) in [5.74, 6) is 0.687. The van der Waals surface area contributed by atoms with E-state index in [0.29, 0.717) is 18.5 Å². The molecule has 106 valence electrons. The van der Waals surface area contributed by atoms with E-state index in [4.69, 9.17) is 4.74 Å². The molecule has 3 rings (SSSR count). The molecule has 1 heterocycles. The minimum atomic E-state index is 0.194. The van der Waals surface area contributed by atoms with Gasteiger partial charge in [-0.15, -0.1) is 0 Å². The number of rotatable bonds is 6. The van der Waals surface area contributed by atoms with E-state index < -0.39 is 0 Å². The number of benzene rings is 1. The average molecular weight is 272 g/mol. The molecule has 20 heavy (non-hydrogen) atoms. The Morgan fingerprint density at radius 3 is 2.85 bits per heavy atom. The highest BCUT2D eigenvalue weighted by Gasteiger charge is 2.29. The third-order valence-corrected chi connectivity index (χ3v) is 3.78. The van der Waals surface area contributed by atoms with Crippen molar-refractivity contribution in [1.82, 2.24) is 9.88 Å². The topological polar surface area (TPSA) is 45.6 Å². The van der Waals surface area contributed by atoms with Crippen LogP contribution >= 0.6 is 0 Å². The zero-order chi connectivity index (χ0) is 13.9. The van der Waals surface area contributed by atoms with Gasteiger partial charge in [-0.25, -0.2) is 4.98 Å². The van der Waals surface area contributed by atoms with Crippen molar-refractivity contribution in [2.24, 2.45) is 0 Å². The van der Waals surface area contributed by atoms with Crippen LogP contribution in [0.2, 0.25) is 0 Å². The first-order chi connectivity index (χ1) is 9.81. The molecule has 0 unspecified atom stereocenters. The first-order valence-corrected chi connectivity index (χ1v) is 7.09. The predicted molar refractivity (Wildman–Crippen MR) is 78.8 cm³/mol. The van der Waals surface area contributed by atoms with Gasteiger partial charge in [-0.1, -0.05) is 18.2 Å². The van der Waals surface area contributed by atoms with Gasteiger partial charge < -0.3 is 9.84 Å². The zero-order valence-electron chi connectivity index (χ0n) is 11.7. The number of pyridine rings is 1. The maximum absolute atomic E-state index is 9.20. The number of hydrogen-bond donors (Lipinski definition) is 1. The van der Waals surface area contributed by atoms with Crippen LogP contribution in [-0.4, -0.2) is 41.3 Å². The molecule has 0 saturated heterocycles. The lowest BCUT2D eigenvalue weighted by Crippen LogP contribution is -2.28. The van der Waals surface area contributed by atoms with E-state index in [1.54, 1.807) is 7.11 Å². The number of aliphatic hydroxyl groups excluding tert-OH is 1. The fourth-order valence-corrected chi connectivity index (χ4v) is 2.61. The Balaban J connectivity index is 1.92. The molecule has 4 nitrogen and oxygen atoms in total. The van der Waals surface area contributed by atoms with E-state index in [1.807, 2.05) is 18.2 Å². The highest BCUT2D eigenvalue weighted by atomic mass is 16.5. The van der Waals surface area contributed by atoms with Crippen LogP contribution in [0.5, 0.6) is 5.88 Å². The average Bonchev–Trinajstić information content (AvgIpc) is 3.30. The molecular formula is C16H20N2O2. The Kier molecular flexibility index (Phi) is 3.85. The number of aromatic nitrogens is 1. The minimum Gasteiger partial charge on any atom is -0.481 e. The molecule has 1 aromatic heterocycles. The van der Waals surface area contributed by atoms with E-state index in [1.165, 1.54) is 12.8 Å². The van der Waals surface area contributed by atoms with Gasteiger partial charge in [0.15, 0.2) is 0 Å². The summed E-state index contributed by atoms with van der Waals surface area (Å²) >= 11 is 0. The molecule has 1 N–H and O–H groups in total. The smallest absolute Gasteiger partial charge is 0.218 e. The quantitative estimate of drug-likeness (QED) is 0.875. The second-order valence-corrected chi connectivity index (χ2v) is 5.27. The molecule has 0 atom stereocenters. The van der Waals surface area contributed by atoms with E-state index in [2.05, 4.69) is 22.0 Å². The van der Waals surface area contributed by atoms with Crippen LogP contribution < -0.4 is 4.74 Å². The minimum absolute atomic E-state index is 0.194. The molecule has 0 amide bonds. The monoisotopic (exact) mass is 272 g/mol. The van der Waals surface area contributed by atoms with E-state index in [-0.39, 0.29) is 6.61 Å². The van der Waals surface area contributed by atoms with Gasteiger partial charge in [0.05, 0.1) is 19.2 Å². The summed E-state index contributed by atoms with van der Waals surface area (Å²) < 4.78 is 5.43. The highest BCUT2D eigenvalue weighted by Crippen LogP contribution is 2.30. The summed E-state index contributed by atoms with van der Waals surface area (Å²) in [5.41, 5.74) is 2.04. The lowest BCUT2D eigenvalue weighted by Gasteiger charge is -2.22. The number of methoxy groups -OCH3 is 1. The van der Waals surface area contributed by atoms with Crippen LogP contribution in [0.25, 0.3) is 10.9 Å². The summed E-state index contributed by atoms with van der Waals surface area (Å²) in [4.78, 5) is 6.89. The van der Waals surface area contributed by atoms with Crippen LogP contribution in [0.3, 0.4) is 0 Å². The second-order valence-electron chi connectivity index (χ2n) is 5.27. The third kappa shape index (κ3) is 2.76. The van der Waals surface area contributed by atoms with Gasteiger partial charge in [0.25, 0.3) is 0 Å². The summed E-state index contributed by atoms with van der Waals surface area (Å²) in [7, 11) is 1.66. The van der Waals surface area contributed by atoms with Gasteiger partial charge in [-0.05, 0) is 25.0 Å². The second kappa shape index (κ2) is 5.77. The normalized spacial score (nSPS) is 14.9. The number of aliphatic hydroxyl groups is 1. The fourth-order valence-electron chi connectivity index (χ4n) is 2.61. The standard InChI is InChI=1S/C16H20N2O2/c1-20-16-13(11-18(8-9-19)14-6-7-14)10-12-4-2-3-5-15(12)17-16/h2-5,10,14,19H,6-9,11H2,1H3. The number of para-hydroxylation sites is 1. The number of nitrogens with zero attached hydrogens (tertiary/aromatic N) is 2. The van der Waals surface area contributed by atoms with Crippen LogP contribution in [0.4, 0.5) is 0 Å². The molecule has 4 heteroatoms. The Bertz CT molecular complexity index is 596. The van der Waals surface area contributed by atoms with Crippen LogP contribution in [0.15, 0.2) is 30.3 Å². The van der Waals surface area contributed by atoms with Crippen molar-refractivity contribution < 1.29 is 9.84 Å². The fraction of sp³-hybridized carbons (Fsp3) is 0.438. The maximum Gasteiger partial charge on any atom is 0.218 e. The molecule has 2 aromatic rings. The number of ether oxygens (including phenoxy) is 1. The summed E-state index contributed by atoms with van der Waals surface area (Å²) in [5, 5.41) is 10.3. The van der Waals surface area contributed by atoms with Crippen LogP contribution in [0, 0.1) is 0 Å². The van der Waals surface area contributed by atoms with Gasteiger partial charge in [-0.3, -0.25) is 4.90 Å². The van der Waals surface area contributed by atoms with Gasteiger partial charge in [0.1, 0.15) is 0 Å². The Morgan fingerprint density at radius 1 is 1.35 bits per heavy atom. The van der Waals surface area contributed by atoms with Crippen molar-refractivity contribution >= 4 is 10.9 Å². The Labute approximate surface area is 119 Å². The van der Waals surface area contributed by atoms with Crippen molar-refractivity contribution in [2.75, 3.05) is 20.3 Å². The lowest BCUT2D eigenvalue weighted by atomic mass is 10.1. The summed E-state index contributed by atoms with van der Waals surface area (Å²) in [6.07, 6.45) is 2.45. The first kappa shape index (κ1) is 13.3. The van der Waals surface area contributed by atoms with Gasteiger partial charge in [-0.2, -0.15) is 0 Å². The van der Waals surface area contributed by atoms with E-state index in [9.17, 15) is 5.11 Å². The van der Waals surface area contributed by atoms with Crippen molar-refractivity contribution in [3.05, 3.63) is 35.9 Å². The van der Waals surface area contributed by atoms with Gasteiger partial charge in [0, 0.05) is 30.1 Å². The van der Waals surface area contributed by atoms with E-state index >= 15 is 0 Å². The number of fused-ring (bicyclic) bond motifs is 1. The SMILES string of the molecule is COc1nc2ccccc2cc1CN(CCO)C1CC1. The molecule has 1 aliphatic carbocycles. The number of hydrogen-bond acceptors (Lipinski definition) is 4. The van der Waals surface area contributed by atoms with Crippen LogP contribution in [-0.2, 0) is 6.54 Å². The molecule has 1 saturated carbocycles. The molecule has 0 bridgehead atoms. The molecule has 0 spiro atoms. The highest BCUT2D eigenvalue weighted by molar-refractivity contribution is 5.80. The Hall–Kier alpha value is -1.65. The van der Waals surface area contributed by atoms with Gasteiger partial charge >= 0.3 is 0 Å². The summed E-state index contributed by atoms with van der Waals surface area (Å²) in [6.45, 7) is 1.69. The van der Waals surface area contributed by atoms with Gasteiger partial charge in [0.2, 0.25) is 5.88 Å². The Morgan fingerprint density at radius 2 is 2.15 bits per heavy atom. The van der Waals surface area contributed by atoms with Crippen molar-refractivity contribution in [3.63, 3.8) is 0 Å². The van der Waals surface area contributed by atoms with E-state index in [0.717, 1.165) is 23.0 Å². The van der Waals surface area contributed by atoms with Crippen molar-refractivity contribution in [2.45, 2.75) is 25.4 Å². The lowest BCUT2D eigenvalue weighted by molar-refractivity contribution is 0.181. The maximum atomic E-state index is 9.20. The largest absolute Gasteiger partial charge is 0.481 e. The molecular weight excluding hydrogens is 252 g/mol. The van der Waals surface area contributed by atoms with Crippen molar-refractivity contribution in [1.29, 1.82) is 0 Å². The predicted octanol–water partition coefficient (Wildman–Crippen LogP) is 2.20. The molecule has 1 aliphatic rings. The van der Waals surface area contributed by atoms with Crippen LogP contribution in [0.1, 0.15) is 18.4 Å².